The molecule has 1 heterocycles. The summed E-state index contributed by atoms with van der Waals surface area (Å²) < 4.78 is 16.0. The largest absolute Gasteiger partial charge is 0.496 e. The van der Waals surface area contributed by atoms with Crippen LogP contribution in [0.15, 0.2) is 12.1 Å². The molecule has 0 aliphatic carbocycles. The van der Waals surface area contributed by atoms with E-state index in [0.29, 0.717) is 22.1 Å². The molecule has 0 amide bonds. The second-order valence-corrected chi connectivity index (χ2v) is 4.60. The summed E-state index contributed by atoms with van der Waals surface area (Å²) in [6, 6.07) is 3.39. The fourth-order valence-corrected chi connectivity index (χ4v) is 2.87. The molecule has 5 nitrogen and oxygen atoms in total. The molecule has 0 bridgehead atoms. The third kappa shape index (κ3) is 1.84. The molecule has 2 N–H and O–H groups in total. The second kappa shape index (κ2) is 4.73. The minimum atomic E-state index is -0.390. The van der Waals surface area contributed by atoms with Crippen molar-refractivity contribution < 1.29 is 19.0 Å². The van der Waals surface area contributed by atoms with Gasteiger partial charge in [-0.15, -0.1) is 11.3 Å². The van der Waals surface area contributed by atoms with E-state index in [2.05, 4.69) is 0 Å². The highest BCUT2D eigenvalue weighted by Crippen LogP contribution is 2.43. The fourth-order valence-electron chi connectivity index (χ4n) is 1.74. The summed E-state index contributed by atoms with van der Waals surface area (Å²) in [5, 5.41) is 0.786. The van der Waals surface area contributed by atoms with Crippen LogP contribution in [0.1, 0.15) is 9.67 Å². The van der Waals surface area contributed by atoms with E-state index in [4.69, 9.17) is 19.9 Å². The number of nitrogens with two attached hydrogens (primary N) is 1. The zero-order valence-corrected chi connectivity index (χ0v) is 11.1. The van der Waals surface area contributed by atoms with Crippen LogP contribution in [0.3, 0.4) is 0 Å². The molecule has 18 heavy (non-hydrogen) atoms. The maximum Gasteiger partial charge on any atom is 0.348 e. The molecule has 1 aromatic heterocycles. The van der Waals surface area contributed by atoms with E-state index >= 15 is 0 Å². The van der Waals surface area contributed by atoms with Crippen LogP contribution < -0.4 is 15.2 Å². The Morgan fingerprint density at radius 1 is 1.22 bits per heavy atom. The molecule has 0 atom stereocenters. The van der Waals surface area contributed by atoms with Gasteiger partial charge in [0.25, 0.3) is 0 Å². The highest BCUT2D eigenvalue weighted by Gasteiger charge is 2.18. The molecule has 0 aliphatic rings. The topological polar surface area (TPSA) is 70.8 Å². The van der Waals surface area contributed by atoms with Gasteiger partial charge in [0.15, 0.2) is 5.75 Å². The van der Waals surface area contributed by atoms with Gasteiger partial charge in [-0.25, -0.2) is 4.79 Å². The van der Waals surface area contributed by atoms with Crippen molar-refractivity contribution in [3.8, 4) is 11.5 Å². The molecular weight excluding hydrogens is 254 g/mol. The molecule has 0 aliphatic heterocycles. The Kier molecular flexibility index (Phi) is 3.29. The maximum atomic E-state index is 11.5. The van der Waals surface area contributed by atoms with Gasteiger partial charge in [-0.1, -0.05) is 0 Å². The number of benzene rings is 1. The molecule has 0 spiro atoms. The monoisotopic (exact) mass is 267 g/mol. The molecule has 6 heteroatoms. The molecule has 2 rings (SSSR count). The molecule has 0 saturated carbocycles. The number of carbonyl (C=O) groups is 1. The van der Waals surface area contributed by atoms with Gasteiger partial charge in [-0.05, 0) is 6.07 Å². The molecule has 0 unspecified atom stereocenters. The Hall–Kier alpha value is -1.95. The quantitative estimate of drug-likeness (QED) is 0.682. The predicted molar refractivity (Wildman–Crippen MR) is 70.7 cm³/mol. The van der Waals surface area contributed by atoms with Crippen LogP contribution >= 0.6 is 11.3 Å². The third-order valence-electron chi connectivity index (χ3n) is 2.56. The van der Waals surface area contributed by atoms with E-state index < -0.39 is 0 Å². The number of esters is 1. The van der Waals surface area contributed by atoms with Crippen molar-refractivity contribution in [2.45, 2.75) is 0 Å². The molecule has 0 radical (unpaired) electrons. The van der Waals surface area contributed by atoms with Crippen molar-refractivity contribution in [3.63, 3.8) is 0 Å². The number of fused-ring (bicyclic) bond motifs is 1. The Morgan fingerprint density at radius 3 is 2.50 bits per heavy atom. The highest BCUT2D eigenvalue weighted by molar-refractivity contribution is 7.21. The van der Waals surface area contributed by atoms with E-state index in [1.54, 1.807) is 19.2 Å². The van der Waals surface area contributed by atoms with E-state index in [1.165, 1.54) is 25.6 Å². The smallest absolute Gasteiger partial charge is 0.348 e. The second-order valence-electron chi connectivity index (χ2n) is 3.55. The summed E-state index contributed by atoms with van der Waals surface area (Å²) in [4.78, 5) is 12.0. The average molecular weight is 267 g/mol. The van der Waals surface area contributed by atoms with Gasteiger partial charge in [0.05, 0.1) is 31.7 Å². The van der Waals surface area contributed by atoms with Crippen LogP contribution in [-0.2, 0) is 4.74 Å². The van der Waals surface area contributed by atoms with Gasteiger partial charge >= 0.3 is 5.97 Å². The number of hydrogen-bond donors (Lipinski definition) is 1. The molecule has 2 aromatic rings. The van der Waals surface area contributed by atoms with Crippen molar-refractivity contribution in [1.29, 1.82) is 0 Å². The van der Waals surface area contributed by atoms with Gasteiger partial charge in [-0.2, -0.15) is 0 Å². The summed E-state index contributed by atoms with van der Waals surface area (Å²) in [6.07, 6.45) is 0. The fraction of sp³-hybridized carbons (Fsp3) is 0.250. The van der Waals surface area contributed by atoms with Crippen molar-refractivity contribution in [3.05, 3.63) is 17.0 Å². The Balaban J connectivity index is 2.75. The zero-order valence-electron chi connectivity index (χ0n) is 10.3. The van der Waals surface area contributed by atoms with Gasteiger partial charge in [-0.3, -0.25) is 0 Å². The summed E-state index contributed by atoms with van der Waals surface area (Å²) in [5.74, 6) is 0.763. The Morgan fingerprint density at radius 2 is 1.94 bits per heavy atom. The minimum absolute atomic E-state index is 0.390. The summed E-state index contributed by atoms with van der Waals surface area (Å²) in [6.45, 7) is 0. The first-order valence-electron chi connectivity index (χ1n) is 5.14. The third-order valence-corrected chi connectivity index (χ3v) is 3.68. The SMILES string of the molecule is COC(=O)c1cc2c(OC)cc(N)c(OC)c2s1. The summed E-state index contributed by atoms with van der Waals surface area (Å²) in [7, 11) is 4.43. The first-order chi connectivity index (χ1) is 8.62. The highest BCUT2D eigenvalue weighted by atomic mass is 32.1. The lowest BCUT2D eigenvalue weighted by atomic mass is 10.2. The lowest BCUT2D eigenvalue weighted by Gasteiger charge is -2.08. The van der Waals surface area contributed by atoms with Crippen LogP contribution in [0, 0.1) is 0 Å². The van der Waals surface area contributed by atoms with E-state index in [1.807, 2.05) is 0 Å². The number of thiophene rings is 1. The van der Waals surface area contributed by atoms with Gasteiger partial charge in [0.1, 0.15) is 10.6 Å². The van der Waals surface area contributed by atoms with Crippen LogP contribution in [0.5, 0.6) is 11.5 Å². The first kappa shape index (κ1) is 12.5. The van der Waals surface area contributed by atoms with Gasteiger partial charge in [0.2, 0.25) is 0 Å². The number of carbonyl (C=O) groups excluding carboxylic acids is 1. The van der Waals surface area contributed by atoms with Crippen LogP contribution in [0.2, 0.25) is 0 Å². The van der Waals surface area contributed by atoms with E-state index in [9.17, 15) is 4.79 Å². The van der Waals surface area contributed by atoms with Crippen molar-refractivity contribution >= 4 is 33.1 Å². The number of methoxy groups -OCH3 is 3. The number of anilines is 1. The Bertz CT molecular complexity index is 606. The average Bonchev–Trinajstić information content (AvgIpc) is 2.81. The first-order valence-corrected chi connectivity index (χ1v) is 5.96. The van der Waals surface area contributed by atoms with Crippen molar-refractivity contribution in [2.24, 2.45) is 0 Å². The molecule has 96 valence electrons. The molecular formula is C12H13NO4S. The number of hydrogen-bond acceptors (Lipinski definition) is 6. The lowest BCUT2D eigenvalue weighted by molar-refractivity contribution is 0.0606. The van der Waals surface area contributed by atoms with E-state index in [-0.39, 0.29) is 5.97 Å². The number of rotatable bonds is 3. The molecule has 0 saturated heterocycles. The lowest BCUT2D eigenvalue weighted by Crippen LogP contribution is -1.96. The normalized spacial score (nSPS) is 10.4. The Labute approximate surface area is 108 Å². The zero-order chi connectivity index (χ0) is 13.3. The van der Waals surface area contributed by atoms with Crippen molar-refractivity contribution in [2.75, 3.05) is 27.1 Å². The predicted octanol–water partition coefficient (Wildman–Crippen LogP) is 2.29. The van der Waals surface area contributed by atoms with Crippen LogP contribution in [-0.4, -0.2) is 27.3 Å². The minimum Gasteiger partial charge on any atom is -0.496 e. The van der Waals surface area contributed by atoms with Gasteiger partial charge < -0.3 is 19.9 Å². The maximum absolute atomic E-state index is 11.5. The summed E-state index contributed by atoms with van der Waals surface area (Å²) in [5.41, 5.74) is 6.35. The van der Waals surface area contributed by atoms with Crippen LogP contribution in [0.25, 0.3) is 10.1 Å². The standard InChI is InChI=1S/C12H13NO4S/c1-15-8-5-7(13)10(16-2)11-6(8)4-9(18-11)12(14)17-3/h4-5H,13H2,1-3H3. The summed E-state index contributed by atoms with van der Waals surface area (Å²) >= 11 is 1.27. The molecule has 1 aromatic carbocycles. The van der Waals surface area contributed by atoms with Crippen molar-refractivity contribution in [1.82, 2.24) is 0 Å². The van der Waals surface area contributed by atoms with Crippen LogP contribution in [0.4, 0.5) is 5.69 Å². The number of ether oxygens (including phenoxy) is 3. The molecule has 0 fully saturated rings. The van der Waals surface area contributed by atoms with Gasteiger partial charge in [0, 0.05) is 11.5 Å². The van der Waals surface area contributed by atoms with E-state index in [0.717, 1.165) is 10.1 Å². The number of nitrogen functional groups attached to an aromatic ring is 1.